The van der Waals surface area contributed by atoms with Crippen molar-refractivity contribution in [3.63, 3.8) is 0 Å². The summed E-state index contributed by atoms with van der Waals surface area (Å²) < 4.78 is 30.2. The molecule has 1 N–H and O–H groups in total. The topological polar surface area (TPSA) is 50.7 Å². The van der Waals surface area contributed by atoms with Gasteiger partial charge in [0, 0.05) is 17.0 Å². The average molecular weight is 415 g/mol. The summed E-state index contributed by atoms with van der Waals surface area (Å²) >= 11 is 0. The van der Waals surface area contributed by atoms with Crippen LogP contribution in [0.25, 0.3) is 33.3 Å². The number of aromatic amines is 1. The van der Waals surface area contributed by atoms with Crippen LogP contribution in [0, 0.1) is 25.5 Å². The zero-order valence-corrected chi connectivity index (χ0v) is 17.0. The lowest BCUT2D eigenvalue weighted by Crippen LogP contribution is -2.12. The number of halogens is 2. The number of para-hydroxylation sites is 2. The predicted octanol–water partition coefficient (Wildman–Crippen LogP) is 5.49. The first kappa shape index (κ1) is 19.2. The van der Waals surface area contributed by atoms with Crippen molar-refractivity contribution in [1.29, 1.82) is 0 Å². The first-order chi connectivity index (χ1) is 14.9. The van der Waals surface area contributed by atoms with Crippen molar-refractivity contribution < 1.29 is 8.78 Å². The van der Waals surface area contributed by atoms with Crippen molar-refractivity contribution in [2.45, 2.75) is 20.4 Å². The number of rotatable bonds is 3. The zero-order chi connectivity index (χ0) is 21.7. The van der Waals surface area contributed by atoms with Crippen molar-refractivity contribution in [2.24, 2.45) is 0 Å². The van der Waals surface area contributed by atoms with E-state index < -0.39 is 17.2 Å². The zero-order valence-electron chi connectivity index (χ0n) is 17.0. The average Bonchev–Trinajstić information content (AvgIpc) is 3.09. The highest BCUT2D eigenvalue weighted by Crippen LogP contribution is 2.31. The minimum atomic E-state index is -1.05. The molecule has 4 nitrogen and oxygen atoms in total. The monoisotopic (exact) mass is 415 g/mol. The molecule has 5 aromatic rings. The fourth-order valence-corrected chi connectivity index (χ4v) is 4.23. The Morgan fingerprint density at radius 2 is 1.71 bits per heavy atom. The van der Waals surface area contributed by atoms with E-state index in [9.17, 15) is 13.6 Å². The van der Waals surface area contributed by atoms with Gasteiger partial charge in [-0.15, -0.1) is 0 Å². The molecule has 5 rings (SSSR count). The van der Waals surface area contributed by atoms with Crippen molar-refractivity contribution in [1.82, 2.24) is 14.5 Å². The van der Waals surface area contributed by atoms with E-state index in [4.69, 9.17) is 4.98 Å². The van der Waals surface area contributed by atoms with Gasteiger partial charge in [-0.3, -0.25) is 4.79 Å². The van der Waals surface area contributed by atoms with Gasteiger partial charge in [-0.1, -0.05) is 30.3 Å². The molecule has 0 bridgehead atoms. The van der Waals surface area contributed by atoms with Crippen molar-refractivity contribution in [3.05, 3.63) is 99.3 Å². The normalized spacial score (nSPS) is 11.5. The molecule has 31 heavy (non-hydrogen) atoms. The molecular weight excluding hydrogens is 396 g/mol. The van der Waals surface area contributed by atoms with Gasteiger partial charge >= 0.3 is 0 Å². The molecule has 0 spiro atoms. The first-order valence-electron chi connectivity index (χ1n) is 9.96. The third-order valence-electron chi connectivity index (χ3n) is 5.68. The van der Waals surface area contributed by atoms with Crippen LogP contribution in [0.3, 0.4) is 0 Å². The van der Waals surface area contributed by atoms with E-state index in [0.717, 1.165) is 39.6 Å². The number of pyridine rings is 1. The van der Waals surface area contributed by atoms with E-state index in [1.54, 1.807) is 0 Å². The quantitative estimate of drug-likeness (QED) is 0.424. The molecule has 2 heterocycles. The number of hydrogen-bond acceptors (Lipinski definition) is 2. The molecule has 0 radical (unpaired) electrons. The summed E-state index contributed by atoms with van der Waals surface area (Å²) in [4.78, 5) is 19.6. The van der Waals surface area contributed by atoms with Crippen LogP contribution in [-0.2, 0) is 6.54 Å². The van der Waals surface area contributed by atoms with Crippen LogP contribution in [0.5, 0.6) is 0 Å². The number of fused-ring (bicyclic) bond motifs is 2. The first-order valence-corrected chi connectivity index (χ1v) is 9.96. The number of imidazole rings is 1. The molecule has 0 aliphatic rings. The molecule has 0 saturated heterocycles. The third kappa shape index (κ3) is 3.11. The van der Waals surface area contributed by atoms with Crippen LogP contribution in [0.4, 0.5) is 8.78 Å². The Bertz CT molecular complexity index is 1510. The van der Waals surface area contributed by atoms with Crippen molar-refractivity contribution >= 4 is 21.9 Å². The maximum absolute atomic E-state index is 14.4. The second kappa shape index (κ2) is 7.16. The summed E-state index contributed by atoms with van der Waals surface area (Å²) in [6.07, 6.45) is 0. The maximum atomic E-state index is 14.4. The molecule has 0 unspecified atom stereocenters. The van der Waals surface area contributed by atoms with Gasteiger partial charge in [0.1, 0.15) is 5.82 Å². The minimum absolute atomic E-state index is 0.124. The number of aryl methyl sites for hydroxylation is 2. The summed E-state index contributed by atoms with van der Waals surface area (Å²) in [6.45, 7) is 4.36. The second-order valence-electron chi connectivity index (χ2n) is 7.72. The van der Waals surface area contributed by atoms with E-state index in [1.165, 1.54) is 12.1 Å². The number of nitrogens with one attached hydrogen (secondary N) is 1. The standard InChI is InChI=1S/C25H19F2N3O/c1-14-6-5-7-15(2)22(14)25-28-19-8-3-4-9-20(19)30(25)13-16-12-21(31)29-24-17(16)10-11-18(26)23(24)27/h3-12H,13H2,1-2H3,(H,29,31). The van der Waals surface area contributed by atoms with Crippen LogP contribution in [0.1, 0.15) is 16.7 Å². The fourth-order valence-electron chi connectivity index (χ4n) is 4.23. The molecule has 0 atom stereocenters. The highest BCUT2D eigenvalue weighted by Gasteiger charge is 2.18. The largest absolute Gasteiger partial charge is 0.319 e. The molecule has 2 aromatic heterocycles. The van der Waals surface area contributed by atoms with E-state index in [2.05, 4.69) is 4.98 Å². The Morgan fingerprint density at radius 3 is 2.48 bits per heavy atom. The Labute approximate surface area is 176 Å². The summed E-state index contributed by atoms with van der Waals surface area (Å²) in [5, 5.41) is 0.462. The van der Waals surface area contributed by atoms with Gasteiger partial charge in [0.2, 0.25) is 5.56 Å². The lowest BCUT2D eigenvalue weighted by molar-refractivity contribution is 0.515. The van der Waals surface area contributed by atoms with Crippen molar-refractivity contribution in [3.8, 4) is 11.4 Å². The SMILES string of the molecule is Cc1cccc(C)c1-c1nc2ccccc2n1Cc1cc(=O)[nH]c2c(F)c(F)ccc12. The summed E-state index contributed by atoms with van der Waals surface area (Å²) in [5.41, 5.74) is 4.90. The molecule has 0 amide bonds. The highest BCUT2D eigenvalue weighted by molar-refractivity contribution is 5.85. The van der Waals surface area contributed by atoms with Gasteiger partial charge in [-0.25, -0.2) is 13.8 Å². The Balaban J connectivity index is 1.80. The molecule has 154 valence electrons. The van der Waals surface area contributed by atoms with Crippen LogP contribution in [-0.4, -0.2) is 14.5 Å². The Morgan fingerprint density at radius 1 is 0.968 bits per heavy atom. The van der Waals surface area contributed by atoms with E-state index in [0.29, 0.717) is 10.9 Å². The number of benzene rings is 3. The third-order valence-corrected chi connectivity index (χ3v) is 5.68. The lowest BCUT2D eigenvalue weighted by atomic mass is 10.0. The fraction of sp³-hybridized carbons (Fsp3) is 0.120. The smallest absolute Gasteiger partial charge is 0.248 e. The van der Waals surface area contributed by atoms with E-state index >= 15 is 0 Å². The van der Waals surface area contributed by atoms with Gasteiger partial charge in [-0.2, -0.15) is 0 Å². The molecule has 6 heteroatoms. The Hall–Kier alpha value is -3.80. The van der Waals surface area contributed by atoms with E-state index in [-0.39, 0.29) is 12.1 Å². The minimum Gasteiger partial charge on any atom is -0.319 e. The molecule has 0 aliphatic carbocycles. The number of hydrogen-bond donors (Lipinski definition) is 1. The maximum Gasteiger partial charge on any atom is 0.248 e. The highest BCUT2D eigenvalue weighted by atomic mass is 19.2. The van der Waals surface area contributed by atoms with Crippen LogP contribution >= 0.6 is 0 Å². The van der Waals surface area contributed by atoms with Gasteiger partial charge in [-0.05, 0) is 54.8 Å². The number of nitrogens with zero attached hydrogens (tertiary/aromatic N) is 2. The van der Waals surface area contributed by atoms with E-state index in [1.807, 2.05) is 60.9 Å². The van der Waals surface area contributed by atoms with Crippen LogP contribution < -0.4 is 5.56 Å². The summed E-state index contributed by atoms with van der Waals surface area (Å²) in [7, 11) is 0. The summed E-state index contributed by atoms with van der Waals surface area (Å²) in [6, 6.07) is 17.8. The molecule has 3 aromatic carbocycles. The van der Waals surface area contributed by atoms with Gasteiger partial charge < -0.3 is 9.55 Å². The Kier molecular flexibility index (Phi) is 4.43. The lowest BCUT2D eigenvalue weighted by Gasteiger charge is -2.15. The van der Waals surface area contributed by atoms with Gasteiger partial charge in [0.25, 0.3) is 0 Å². The number of H-pyrrole nitrogens is 1. The molecule has 0 fully saturated rings. The molecular formula is C25H19F2N3O. The van der Waals surface area contributed by atoms with Gasteiger partial charge in [0.15, 0.2) is 11.6 Å². The van der Waals surface area contributed by atoms with Gasteiger partial charge in [0.05, 0.1) is 23.1 Å². The predicted molar refractivity (Wildman–Crippen MR) is 118 cm³/mol. The number of aromatic nitrogens is 3. The molecule has 0 aliphatic heterocycles. The summed E-state index contributed by atoms with van der Waals surface area (Å²) in [5.74, 6) is -1.28. The van der Waals surface area contributed by atoms with Crippen LogP contribution in [0.15, 0.2) is 65.5 Å². The van der Waals surface area contributed by atoms with Crippen molar-refractivity contribution in [2.75, 3.05) is 0 Å². The van der Waals surface area contributed by atoms with Crippen LogP contribution in [0.2, 0.25) is 0 Å². The molecule has 0 saturated carbocycles. The second-order valence-corrected chi connectivity index (χ2v) is 7.72.